The number of aryl methyl sites for hydroxylation is 1. The van der Waals surface area contributed by atoms with Gasteiger partial charge in [0.15, 0.2) is 0 Å². The van der Waals surface area contributed by atoms with E-state index in [2.05, 4.69) is 18.1 Å². The predicted octanol–water partition coefficient (Wildman–Crippen LogP) is 1.73. The van der Waals surface area contributed by atoms with E-state index < -0.39 is 0 Å². The zero-order valence-electron chi connectivity index (χ0n) is 9.74. The standard InChI is InChI=1S/C12H21N3/c1-10-3-5-12(7-10,9-13)8-11-4-6-15(2)14-11/h4,6,10H,3,5,7-9,13H2,1-2H3. The fourth-order valence-electron chi connectivity index (χ4n) is 2.86. The smallest absolute Gasteiger partial charge is 0.0630 e. The molecule has 0 aromatic carbocycles. The summed E-state index contributed by atoms with van der Waals surface area (Å²) in [6.45, 7) is 3.13. The van der Waals surface area contributed by atoms with Crippen LogP contribution in [0.1, 0.15) is 31.9 Å². The Morgan fingerprint density at radius 3 is 2.93 bits per heavy atom. The highest BCUT2D eigenvalue weighted by Gasteiger charge is 2.36. The van der Waals surface area contributed by atoms with Gasteiger partial charge in [-0.2, -0.15) is 5.10 Å². The number of nitrogens with two attached hydrogens (primary N) is 1. The summed E-state index contributed by atoms with van der Waals surface area (Å²) in [7, 11) is 1.97. The van der Waals surface area contributed by atoms with E-state index in [-0.39, 0.29) is 0 Å². The summed E-state index contributed by atoms with van der Waals surface area (Å²) < 4.78 is 1.87. The Hall–Kier alpha value is -0.830. The second-order valence-corrected chi connectivity index (χ2v) is 5.21. The molecule has 0 bridgehead atoms. The molecular weight excluding hydrogens is 186 g/mol. The van der Waals surface area contributed by atoms with Crippen LogP contribution in [0.5, 0.6) is 0 Å². The monoisotopic (exact) mass is 207 g/mol. The van der Waals surface area contributed by atoms with Gasteiger partial charge in [-0.15, -0.1) is 0 Å². The summed E-state index contributed by atoms with van der Waals surface area (Å²) in [5.74, 6) is 0.831. The molecule has 1 fully saturated rings. The summed E-state index contributed by atoms with van der Waals surface area (Å²) in [4.78, 5) is 0. The lowest BCUT2D eigenvalue weighted by molar-refractivity contribution is 0.292. The van der Waals surface area contributed by atoms with Crippen molar-refractivity contribution < 1.29 is 0 Å². The molecular formula is C12H21N3. The highest BCUT2D eigenvalue weighted by molar-refractivity contribution is 5.05. The Labute approximate surface area is 91.7 Å². The van der Waals surface area contributed by atoms with Gasteiger partial charge in [-0.25, -0.2) is 0 Å². The third-order valence-corrected chi connectivity index (χ3v) is 3.71. The second kappa shape index (κ2) is 3.97. The number of rotatable bonds is 3. The maximum Gasteiger partial charge on any atom is 0.0630 e. The molecule has 1 aliphatic carbocycles. The largest absolute Gasteiger partial charge is 0.330 e. The minimum Gasteiger partial charge on any atom is -0.330 e. The van der Waals surface area contributed by atoms with Gasteiger partial charge in [-0.3, -0.25) is 4.68 Å². The summed E-state index contributed by atoms with van der Waals surface area (Å²) in [5, 5.41) is 4.45. The van der Waals surface area contributed by atoms with Crippen LogP contribution in [-0.4, -0.2) is 16.3 Å². The lowest BCUT2D eigenvalue weighted by Gasteiger charge is -2.26. The van der Waals surface area contributed by atoms with Gasteiger partial charge in [-0.1, -0.05) is 13.3 Å². The summed E-state index contributed by atoms with van der Waals surface area (Å²) >= 11 is 0. The van der Waals surface area contributed by atoms with Crippen LogP contribution in [-0.2, 0) is 13.5 Å². The minimum absolute atomic E-state index is 0.327. The van der Waals surface area contributed by atoms with Crippen LogP contribution in [0.4, 0.5) is 0 Å². The molecule has 15 heavy (non-hydrogen) atoms. The maximum atomic E-state index is 5.95. The molecule has 0 saturated heterocycles. The van der Waals surface area contributed by atoms with Crippen molar-refractivity contribution in [3.8, 4) is 0 Å². The number of hydrogen-bond donors (Lipinski definition) is 1. The van der Waals surface area contributed by atoms with Crippen LogP contribution in [0.2, 0.25) is 0 Å². The van der Waals surface area contributed by atoms with Crippen LogP contribution in [0, 0.1) is 11.3 Å². The Bertz CT molecular complexity index is 331. The third-order valence-electron chi connectivity index (χ3n) is 3.71. The van der Waals surface area contributed by atoms with Gasteiger partial charge in [0.2, 0.25) is 0 Å². The van der Waals surface area contributed by atoms with Crippen LogP contribution in [0.15, 0.2) is 12.3 Å². The van der Waals surface area contributed by atoms with Crippen molar-refractivity contribution in [2.24, 2.45) is 24.1 Å². The zero-order chi connectivity index (χ0) is 10.9. The molecule has 3 heteroatoms. The molecule has 0 radical (unpaired) electrons. The van der Waals surface area contributed by atoms with Crippen LogP contribution >= 0.6 is 0 Å². The second-order valence-electron chi connectivity index (χ2n) is 5.21. The van der Waals surface area contributed by atoms with E-state index in [0.717, 1.165) is 18.9 Å². The molecule has 2 N–H and O–H groups in total. The van der Waals surface area contributed by atoms with Crippen molar-refractivity contribution in [1.29, 1.82) is 0 Å². The first-order chi connectivity index (χ1) is 7.13. The van der Waals surface area contributed by atoms with Gasteiger partial charge in [0.25, 0.3) is 0 Å². The van der Waals surface area contributed by atoms with Crippen molar-refractivity contribution in [3.63, 3.8) is 0 Å². The summed E-state index contributed by atoms with van der Waals surface area (Å²) in [6.07, 6.45) is 6.91. The normalized spacial score (nSPS) is 31.0. The Morgan fingerprint density at radius 1 is 1.67 bits per heavy atom. The van der Waals surface area contributed by atoms with Crippen LogP contribution in [0.3, 0.4) is 0 Å². The van der Waals surface area contributed by atoms with Gasteiger partial charge >= 0.3 is 0 Å². The third kappa shape index (κ3) is 2.23. The van der Waals surface area contributed by atoms with Gasteiger partial charge in [0.1, 0.15) is 0 Å². The molecule has 2 atom stereocenters. The van der Waals surface area contributed by atoms with Gasteiger partial charge < -0.3 is 5.73 Å². The van der Waals surface area contributed by atoms with E-state index in [1.54, 1.807) is 0 Å². The predicted molar refractivity (Wildman–Crippen MR) is 61.4 cm³/mol. The first kappa shape index (κ1) is 10.7. The van der Waals surface area contributed by atoms with E-state index in [1.165, 1.54) is 25.0 Å². The van der Waals surface area contributed by atoms with Gasteiger partial charge in [0.05, 0.1) is 5.69 Å². The fraction of sp³-hybridized carbons (Fsp3) is 0.750. The molecule has 2 unspecified atom stereocenters. The van der Waals surface area contributed by atoms with E-state index in [4.69, 9.17) is 5.73 Å². The lowest BCUT2D eigenvalue weighted by Crippen LogP contribution is -2.30. The van der Waals surface area contributed by atoms with E-state index in [9.17, 15) is 0 Å². The maximum absolute atomic E-state index is 5.95. The highest BCUT2D eigenvalue weighted by atomic mass is 15.2. The first-order valence-corrected chi connectivity index (χ1v) is 5.82. The first-order valence-electron chi connectivity index (χ1n) is 5.82. The molecule has 0 spiro atoms. The molecule has 1 heterocycles. The lowest BCUT2D eigenvalue weighted by atomic mass is 9.81. The van der Waals surface area contributed by atoms with E-state index in [0.29, 0.717) is 5.41 Å². The topological polar surface area (TPSA) is 43.8 Å². The van der Waals surface area contributed by atoms with Crippen molar-refractivity contribution in [1.82, 2.24) is 9.78 Å². The van der Waals surface area contributed by atoms with Crippen molar-refractivity contribution in [3.05, 3.63) is 18.0 Å². The van der Waals surface area contributed by atoms with Crippen molar-refractivity contribution in [2.45, 2.75) is 32.6 Å². The summed E-state index contributed by atoms with van der Waals surface area (Å²) in [5.41, 5.74) is 7.47. The van der Waals surface area contributed by atoms with Gasteiger partial charge in [-0.05, 0) is 43.2 Å². The molecule has 3 nitrogen and oxygen atoms in total. The molecule has 84 valence electrons. The highest BCUT2D eigenvalue weighted by Crippen LogP contribution is 2.42. The Balaban J connectivity index is 2.08. The molecule has 1 aromatic rings. The molecule has 2 rings (SSSR count). The quantitative estimate of drug-likeness (QED) is 0.820. The average Bonchev–Trinajstić information content (AvgIpc) is 2.75. The average molecular weight is 207 g/mol. The zero-order valence-corrected chi connectivity index (χ0v) is 9.74. The molecule has 1 saturated carbocycles. The SMILES string of the molecule is CC1CCC(CN)(Cc2ccn(C)n2)C1. The fourth-order valence-corrected chi connectivity index (χ4v) is 2.86. The summed E-state index contributed by atoms with van der Waals surface area (Å²) in [6, 6.07) is 2.11. The Kier molecular flexibility index (Phi) is 2.83. The van der Waals surface area contributed by atoms with E-state index >= 15 is 0 Å². The molecule has 0 amide bonds. The van der Waals surface area contributed by atoms with Crippen molar-refractivity contribution in [2.75, 3.05) is 6.54 Å². The number of hydrogen-bond acceptors (Lipinski definition) is 2. The Morgan fingerprint density at radius 2 is 2.47 bits per heavy atom. The number of aromatic nitrogens is 2. The molecule has 0 aliphatic heterocycles. The van der Waals surface area contributed by atoms with Crippen molar-refractivity contribution >= 4 is 0 Å². The molecule has 1 aliphatic rings. The molecule has 1 aromatic heterocycles. The minimum atomic E-state index is 0.327. The van der Waals surface area contributed by atoms with Crippen LogP contribution in [0.25, 0.3) is 0 Å². The number of nitrogens with zero attached hydrogens (tertiary/aromatic N) is 2. The van der Waals surface area contributed by atoms with Crippen LogP contribution < -0.4 is 5.73 Å². The van der Waals surface area contributed by atoms with Gasteiger partial charge in [0, 0.05) is 13.2 Å². The van der Waals surface area contributed by atoms with E-state index in [1.807, 2.05) is 17.9 Å².